The number of nitrogens with two attached hydrogens (primary N) is 1. The maximum absolute atomic E-state index is 15.3. The number of hydrogen-bond acceptors (Lipinski definition) is 8. The zero-order valence-electron chi connectivity index (χ0n) is 22.6. The minimum atomic E-state index is -3.95. The molecule has 0 saturated heterocycles. The summed E-state index contributed by atoms with van der Waals surface area (Å²) in [5.41, 5.74) is 7.56. The average Bonchev–Trinajstić information content (AvgIpc) is 2.99. The molecule has 2 heterocycles. The zero-order chi connectivity index (χ0) is 29.1. The van der Waals surface area contributed by atoms with Crippen LogP contribution in [0.5, 0.6) is 0 Å². The van der Waals surface area contributed by atoms with Gasteiger partial charge in [0, 0.05) is 40.3 Å². The van der Waals surface area contributed by atoms with E-state index in [2.05, 4.69) is 20.0 Å². The first kappa shape index (κ1) is 28.1. The smallest absolute Gasteiger partial charge is 0.262 e. The second kappa shape index (κ2) is 12.0. The van der Waals surface area contributed by atoms with Gasteiger partial charge in [-0.15, -0.1) is 0 Å². The molecule has 1 fully saturated rings. The SMILES string of the molecule is NC1CCC(Nc2nccc(-c3cccnc3Sc3ccc(NS(=O)(=O)c4cccc5ccccc45)cc3F)n2)CC1. The second-order valence-corrected chi connectivity index (χ2v) is 12.9. The molecule has 3 aromatic carbocycles. The van der Waals surface area contributed by atoms with Crippen molar-refractivity contribution >= 4 is 44.2 Å². The first-order chi connectivity index (χ1) is 20.4. The van der Waals surface area contributed by atoms with Crippen molar-refractivity contribution < 1.29 is 12.8 Å². The molecule has 1 aliphatic carbocycles. The quantitative estimate of drug-likeness (QED) is 0.185. The molecule has 11 heteroatoms. The summed E-state index contributed by atoms with van der Waals surface area (Å²) in [6, 6.07) is 22.6. The Morgan fingerprint density at radius 2 is 1.69 bits per heavy atom. The summed E-state index contributed by atoms with van der Waals surface area (Å²) in [4.78, 5) is 14.0. The van der Waals surface area contributed by atoms with Crippen molar-refractivity contribution in [1.82, 2.24) is 15.0 Å². The lowest BCUT2D eigenvalue weighted by atomic mass is 9.92. The Kier molecular flexibility index (Phi) is 8.05. The van der Waals surface area contributed by atoms with Gasteiger partial charge in [-0.05, 0) is 73.5 Å². The summed E-state index contributed by atoms with van der Waals surface area (Å²) in [6.07, 6.45) is 7.21. The fourth-order valence-corrected chi connectivity index (χ4v) is 7.26. The molecule has 0 aliphatic heterocycles. The highest BCUT2D eigenvalue weighted by atomic mass is 32.2. The van der Waals surface area contributed by atoms with E-state index in [4.69, 9.17) is 10.7 Å². The molecule has 1 aliphatic rings. The van der Waals surface area contributed by atoms with E-state index in [1.165, 1.54) is 12.1 Å². The third-order valence-electron chi connectivity index (χ3n) is 7.24. The van der Waals surface area contributed by atoms with Crippen LogP contribution in [0.15, 0.2) is 106 Å². The molecule has 4 N–H and O–H groups in total. The topological polar surface area (TPSA) is 123 Å². The van der Waals surface area contributed by atoms with Crippen LogP contribution in [-0.4, -0.2) is 35.5 Å². The van der Waals surface area contributed by atoms with Crippen molar-refractivity contribution in [1.29, 1.82) is 0 Å². The molecular formula is C31H29FN6O2S2. The van der Waals surface area contributed by atoms with Crippen molar-refractivity contribution in [2.75, 3.05) is 10.0 Å². The predicted molar refractivity (Wildman–Crippen MR) is 164 cm³/mol. The van der Waals surface area contributed by atoms with Crippen molar-refractivity contribution in [2.24, 2.45) is 5.73 Å². The highest BCUT2D eigenvalue weighted by Crippen LogP contribution is 2.36. The summed E-state index contributed by atoms with van der Waals surface area (Å²) in [5.74, 6) is -0.0444. The first-order valence-electron chi connectivity index (χ1n) is 13.6. The van der Waals surface area contributed by atoms with Gasteiger partial charge < -0.3 is 11.1 Å². The maximum atomic E-state index is 15.3. The number of aromatic nitrogens is 3. The van der Waals surface area contributed by atoms with Gasteiger partial charge in [0.1, 0.15) is 10.8 Å². The Balaban J connectivity index is 1.21. The van der Waals surface area contributed by atoms with E-state index in [0.29, 0.717) is 26.9 Å². The second-order valence-electron chi connectivity index (χ2n) is 10.2. The Morgan fingerprint density at radius 1 is 0.881 bits per heavy atom. The van der Waals surface area contributed by atoms with Gasteiger partial charge in [0.2, 0.25) is 5.95 Å². The number of benzene rings is 3. The van der Waals surface area contributed by atoms with E-state index in [0.717, 1.165) is 48.4 Å². The lowest BCUT2D eigenvalue weighted by Gasteiger charge is -2.26. The monoisotopic (exact) mass is 600 g/mol. The van der Waals surface area contributed by atoms with Crippen molar-refractivity contribution in [2.45, 2.75) is 52.6 Å². The number of anilines is 2. The van der Waals surface area contributed by atoms with Crippen LogP contribution in [0.3, 0.4) is 0 Å². The van der Waals surface area contributed by atoms with E-state index in [-0.39, 0.29) is 22.7 Å². The van der Waals surface area contributed by atoms with Gasteiger partial charge in [0.25, 0.3) is 10.0 Å². The normalized spacial score (nSPS) is 17.2. The highest BCUT2D eigenvalue weighted by molar-refractivity contribution is 7.99. The third-order valence-corrected chi connectivity index (χ3v) is 9.75. The molecule has 0 amide bonds. The number of hydrogen-bond donors (Lipinski definition) is 3. The fourth-order valence-electron chi connectivity index (χ4n) is 5.08. The number of nitrogens with one attached hydrogen (secondary N) is 2. The minimum Gasteiger partial charge on any atom is -0.351 e. The van der Waals surface area contributed by atoms with E-state index >= 15 is 4.39 Å². The van der Waals surface area contributed by atoms with Crippen molar-refractivity contribution in [3.8, 4) is 11.3 Å². The number of fused-ring (bicyclic) bond motifs is 1. The van der Waals surface area contributed by atoms with Crippen molar-refractivity contribution in [3.05, 3.63) is 97.1 Å². The fraction of sp³-hybridized carbons (Fsp3) is 0.194. The van der Waals surface area contributed by atoms with Gasteiger partial charge in [-0.2, -0.15) is 0 Å². The Hall–Kier alpha value is -4.06. The molecule has 0 unspecified atom stereocenters. The van der Waals surface area contributed by atoms with E-state index in [9.17, 15) is 8.42 Å². The molecule has 0 bridgehead atoms. The number of sulfonamides is 1. The van der Waals surface area contributed by atoms with Gasteiger partial charge in [-0.1, -0.05) is 48.2 Å². The molecule has 0 radical (unpaired) electrons. The van der Waals surface area contributed by atoms with E-state index in [1.54, 1.807) is 54.9 Å². The molecule has 6 rings (SSSR count). The van der Waals surface area contributed by atoms with Crippen LogP contribution in [0, 0.1) is 5.82 Å². The number of rotatable bonds is 8. The molecule has 2 aromatic heterocycles. The highest BCUT2D eigenvalue weighted by Gasteiger charge is 2.21. The lowest BCUT2D eigenvalue weighted by Crippen LogP contribution is -2.33. The maximum Gasteiger partial charge on any atom is 0.262 e. The van der Waals surface area contributed by atoms with Crippen LogP contribution in [0.4, 0.5) is 16.0 Å². The zero-order valence-corrected chi connectivity index (χ0v) is 24.2. The summed E-state index contributed by atoms with van der Waals surface area (Å²) in [5, 5.41) is 5.37. The minimum absolute atomic E-state index is 0.126. The van der Waals surface area contributed by atoms with Crippen LogP contribution in [0.1, 0.15) is 25.7 Å². The largest absolute Gasteiger partial charge is 0.351 e. The summed E-state index contributed by atoms with van der Waals surface area (Å²) < 4.78 is 44.2. The number of halogens is 1. The first-order valence-corrected chi connectivity index (χ1v) is 15.9. The predicted octanol–water partition coefficient (Wildman–Crippen LogP) is 6.46. The number of nitrogens with zero attached hydrogens (tertiary/aromatic N) is 3. The van der Waals surface area contributed by atoms with Crippen LogP contribution in [-0.2, 0) is 10.0 Å². The van der Waals surface area contributed by atoms with Crippen LogP contribution >= 0.6 is 11.8 Å². The molecule has 8 nitrogen and oxygen atoms in total. The standard InChI is InChI=1S/C31H29FN6O2S2/c32-26-19-23(38-42(39,40)29-9-3-6-20-5-1-2-7-24(20)29)14-15-28(26)41-30-25(8-4-17-34-30)27-16-18-35-31(37-27)36-22-12-10-21(33)11-13-22/h1-9,14-19,21-22,38H,10-13,33H2,(H,35,36,37). The van der Waals surface area contributed by atoms with Crippen LogP contribution in [0.25, 0.3) is 22.0 Å². The van der Waals surface area contributed by atoms with Gasteiger partial charge in [-0.3, -0.25) is 4.72 Å². The molecule has 5 aromatic rings. The third kappa shape index (κ3) is 6.23. The molecular weight excluding hydrogens is 572 g/mol. The Morgan fingerprint density at radius 3 is 2.52 bits per heavy atom. The molecule has 214 valence electrons. The Labute approximate surface area is 248 Å². The summed E-state index contributed by atoms with van der Waals surface area (Å²) >= 11 is 1.14. The van der Waals surface area contributed by atoms with E-state index in [1.807, 2.05) is 24.3 Å². The van der Waals surface area contributed by atoms with Gasteiger partial charge in [0.15, 0.2) is 0 Å². The summed E-state index contributed by atoms with van der Waals surface area (Å²) in [7, 11) is -3.95. The summed E-state index contributed by atoms with van der Waals surface area (Å²) in [6.45, 7) is 0. The molecule has 1 saturated carbocycles. The molecule has 0 atom stereocenters. The van der Waals surface area contributed by atoms with E-state index < -0.39 is 15.8 Å². The van der Waals surface area contributed by atoms with Crippen LogP contribution < -0.4 is 15.8 Å². The van der Waals surface area contributed by atoms with Gasteiger partial charge >= 0.3 is 0 Å². The lowest BCUT2D eigenvalue weighted by molar-refractivity contribution is 0.410. The number of pyridine rings is 1. The van der Waals surface area contributed by atoms with Gasteiger partial charge in [-0.25, -0.2) is 27.8 Å². The van der Waals surface area contributed by atoms with Gasteiger partial charge in [0.05, 0.1) is 16.3 Å². The Bertz CT molecular complexity index is 1840. The van der Waals surface area contributed by atoms with Crippen LogP contribution in [0.2, 0.25) is 0 Å². The van der Waals surface area contributed by atoms with Crippen molar-refractivity contribution in [3.63, 3.8) is 0 Å². The molecule has 42 heavy (non-hydrogen) atoms. The molecule has 0 spiro atoms. The average molecular weight is 601 g/mol.